The minimum Gasteiger partial charge on any atom is -0.377 e. The predicted molar refractivity (Wildman–Crippen MR) is 105 cm³/mol. The first kappa shape index (κ1) is 17.8. The lowest BCUT2D eigenvalue weighted by molar-refractivity contribution is -0.106. The van der Waals surface area contributed by atoms with Gasteiger partial charge >= 0.3 is 0 Å². The van der Waals surface area contributed by atoms with E-state index >= 15 is 0 Å². The molecule has 4 rings (SSSR count). The lowest BCUT2D eigenvalue weighted by Gasteiger charge is -2.55. The molecule has 2 aliphatic heterocycles. The second-order valence-corrected chi connectivity index (χ2v) is 8.61. The zero-order valence-corrected chi connectivity index (χ0v) is 16.2. The molecule has 2 heterocycles. The van der Waals surface area contributed by atoms with Gasteiger partial charge in [0.1, 0.15) is 0 Å². The largest absolute Gasteiger partial charge is 0.377 e. The molecule has 0 radical (unpaired) electrons. The molecular weight excluding hydrogens is 324 g/mol. The van der Waals surface area contributed by atoms with E-state index in [4.69, 9.17) is 4.74 Å². The molecule has 1 saturated carbocycles. The highest BCUT2D eigenvalue weighted by Gasteiger charge is 2.59. The van der Waals surface area contributed by atoms with Crippen LogP contribution in [0.2, 0.25) is 0 Å². The van der Waals surface area contributed by atoms with Gasteiger partial charge in [-0.3, -0.25) is 9.89 Å². The Hall–Kier alpha value is -1.59. The number of fused-ring (bicyclic) bond motifs is 1. The van der Waals surface area contributed by atoms with Crippen LogP contribution in [0, 0.1) is 11.3 Å². The van der Waals surface area contributed by atoms with Gasteiger partial charge in [0.05, 0.1) is 6.10 Å². The standard InChI is InChI=1S/C21H32N4O/c1-21(2)18(17-10-12-26-19(17)21)24-20(22-3)23-16-9-11-25(14-16)13-15-7-5-4-6-8-15/h4-8,16-19H,9-14H2,1-3H3,(H2,22,23,24). The van der Waals surface area contributed by atoms with E-state index in [1.54, 1.807) is 0 Å². The predicted octanol–water partition coefficient (Wildman–Crippen LogP) is 2.24. The molecule has 2 saturated heterocycles. The fourth-order valence-electron chi connectivity index (χ4n) is 5.06. The van der Waals surface area contributed by atoms with Crippen molar-refractivity contribution in [1.82, 2.24) is 15.5 Å². The second-order valence-electron chi connectivity index (χ2n) is 8.61. The third kappa shape index (κ3) is 3.35. The van der Waals surface area contributed by atoms with E-state index in [-0.39, 0.29) is 5.41 Å². The average Bonchev–Trinajstić information content (AvgIpc) is 3.27. The molecule has 4 unspecified atom stereocenters. The third-order valence-corrected chi connectivity index (χ3v) is 6.48. The summed E-state index contributed by atoms with van der Waals surface area (Å²) in [6.45, 7) is 8.75. The molecule has 0 amide bonds. The van der Waals surface area contributed by atoms with Gasteiger partial charge in [-0.05, 0) is 18.4 Å². The molecule has 2 N–H and O–H groups in total. The maximum absolute atomic E-state index is 5.91. The van der Waals surface area contributed by atoms with Gasteiger partial charge in [-0.15, -0.1) is 0 Å². The van der Waals surface area contributed by atoms with Crippen molar-refractivity contribution >= 4 is 5.96 Å². The third-order valence-electron chi connectivity index (χ3n) is 6.48. The minimum absolute atomic E-state index is 0.174. The number of hydrogen-bond acceptors (Lipinski definition) is 3. The van der Waals surface area contributed by atoms with E-state index in [2.05, 4.69) is 64.7 Å². The van der Waals surface area contributed by atoms with Crippen molar-refractivity contribution in [2.45, 2.75) is 51.4 Å². The van der Waals surface area contributed by atoms with Gasteiger partial charge in [-0.2, -0.15) is 0 Å². The molecule has 1 aromatic rings. The Labute approximate surface area is 157 Å². The van der Waals surface area contributed by atoms with Crippen LogP contribution in [0.4, 0.5) is 0 Å². The van der Waals surface area contributed by atoms with Crippen LogP contribution in [0.3, 0.4) is 0 Å². The summed E-state index contributed by atoms with van der Waals surface area (Å²) in [7, 11) is 1.88. The fourth-order valence-corrected chi connectivity index (χ4v) is 5.06. The quantitative estimate of drug-likeness (QED) is 0.642. The van der Waals surface area contributed by atoms with Crippen molar-refractivity contribution in [1.29, 1.82) is 0 Å². The Morgan fingerprint density at radius 1 is 1.23 bits per heavy atom. The number of aliphatic imine (C=N–C) groups is 1. The van der Waals surface area contributed by atoms with Crippen molar-refractivity contribution in [3.63, 3.8) is 0 Å². The number of hydrogen-bond donors (Lipinski definition) is 2. The van der Waals surface area contributed by atoms with Gasteiger partial charge in [0.2, 0.25) is 0 Å². The normalized spacial score (nSPS) is 33.6. The first-order valence-corrected chi connectivity index (χ1v) is 9.95. The van der Waals surface area contributed by atoms with Crippen molar-refractivity contribution in [2.24, 2.45) is 16.3 Å². The maximum atomic E-state index is 5.91. The van der Waals surface area contributed by atoms with E-state index in [0.29, 0.717) is 24.1 Å². The van der Waals surface area contributed by atoms with E-state index in [9.17, 15) is 0 Å². The van der Waals surface area contributed by atoms with Gasteiger partial charge in [-0.1, -0.05) is 44.2 Å². The van der Waals surface area contributed by atoms with Crippen LogP contribution in [0.5, 0.6) is 0 Å². The molecular formula is C21H32N4O. The van der Waals surface area contributed by atoms with Crippen LogP contribution in [0.25, 0.3) is 0 Å². The number of nitrogens with zero attached hydrogens (tertiary/aromatic N) is 2. The molecule has 0 aromatic heterocycles. The zero-order chi connectivity index (χ0) is 18.1. The highest BCUT2D eigenvalue weighted by molar-refractivity contribution is 5.80. The lowest BCUT2D eigenvalue weighted by atomic mass is 9.57. The average molecular weight is 357 g/mol. The first-order valence-electron chi connectivity index (χ1n) is 9.95. The zero-order valence-electron chi connectivity index (χ0n) is 16.2. The van der Waals surface area contributed by atoms with Crippen LogP contribution in [0.1, 0.15) is 32.3 Å². The summed E-state index contributed by atoms with van der Waals surface area (Å²) in [5.41, 5.74) is 1.56. The van der Waals surface area contributed by atoms with E-state index in [0.717, 1.165) is 45.0 Å². The van der Waals surface area contributed by atoms with Crippen LogP contribution in [-0.2, 0) is 11.3 Å². The second kappa shape index (κ2) is 7.20. The van der Waals surface area contributed by atoms with Crippen molar-refractivity contribution in [3.05, 3.63) is 35.9 Å². The van der Waals surface area contributed by atoms with Crippen LogP contribution in [0.15, 0.2) is 35.3 Å². The SMILES string of the molecule is CN=C(NC1CCN(Cc2ccccc2)C1)NC1C2CCOC2C1(C)C. The Balaban J connectivity index is 1.29. The highest BCUT2D eigenvalue weighted by atomic mass is 16.5. The van der Waals surface area contributed by atoms with Crippen molar-refractivity contribution in [2.75, 3.05) is 26.7 Å². The van der Waals surface area contributed by atoms with Gasteiger partial charge < -0.3 is 15.4 Å². The maximum Gasteiger partial charge on any atom is 0.191 e. The molecule has 4 atom stereocenters. The smallest absolute Gasteiger partial charge is 0.191 e. The molecule has 3 fully saturated rings. The molecule has 3 aliphatic rings. The Morgan fingerprint density at radius 3 is 2.81 bits per heavy atom. The number of rotatable bonds is 4. The summed E-state index contributed by atoms with van der Waals surface area (Å²) in [6, 6.07) is 11.6. The van der Waals surface area contributed by atoms with E-state index in [1.807, 2.05) is 7.05 Å². The van der Waals surface area contributed by atoms with Crippen LogP contribution in [-0.4, -0.2) is 55.8 Å². The van der Waals surface area contributed by atoms with Gasteiger partial charge in [-0.25, -0.2) is 0 Å². The van der Waals surface area contributed by atoms with Gasteiger partial charge in [0, 0.05) is 56.7 Å². The number of nitrogens with one attached hydrogen (secondary N) is 2. The summed E-state index contributed by atoms with van der Waals surface area (Å²) in [5, 5.41) is 7.35. The van der Waals surface area contributed by atoms with Crippen LogP contribution >= 0.6 is 0 Å². The molecule has 26 heavy (non-hydrogen) atoms. The van der Waals surface area contributed by atoms with Crippen LogP contribution < -0.4 is 10.6 Å². The highest BCUT2D eigenvalue weighted by Crippen LogP contribution is 2.52. The van der Waals surface area contributed by atoms with Gasteiger partial charge in [0.25, 0.3) is 0 Å². The monoisotopic (exact) mass is 356 g/mol. The Kier molecular flexibility index (Phi) is 4.93. The molecule has 0 bridgehead atoms. The van der Waals surface area contributed by atoms with Crippen molar-refractivity contribution < 1.29 is 4.74 Å². The Bertz CT molecular complexity index is 645. The van der Waals surface area contributed by atoms with Gasteiger partial charge in [0.15, 0.2) is 5.96 Å². The number of likely N-dealkylation sites (tertiary alicyclic amines) is 1. The summed E-state index contributed by atoms with van der Waals surface area (Å²) in [4.78, 5) is 7.02. The fraction of sp³-hybridized carbons (Fsp3) is 0.667. The first-order chi connectivity index (χ1) is 12.6. The molecule has 5 heteroatoms. The van der Waals surface area contributed by atoms with Crippen molar-refractivity contribution in [3.8, 4) is 0 Å². The minimum atomic E-state index is 0.174. The number of ether oxygens (including phenoxy) is 1. The molecule has 142 valence electrons. The summed E-state index contributed by atoms with van der Waals surface area (Å²) < 4.78 is 5.91. The summed E-state index contributed by atoms with van der Waals surface area (Å²) in [5.74, 6) is 1.57. The van der Waals surface area contributed by atoms with E-state index < -0.39 is 0 Å². The number of benzene rings is 1. The lowest BCUT2D eigenvalue weighted by Crippen LogP contribution is -2.68. The molecule has 5 nitrogen and oxygen atoms in total. The van der Waals surface area contributed by atoms with E-state index in [1.165, 1.54) is 5.56 Å². The summed E-state index contributed by atoms with van der Waals surface area (Å²) >= 11 is 0. The molecule has 1 aromatic carbocycles. The topological polar surface area (TPSA) is 48.9 Å². The molecule has 1 aliphatic carbocycles. The number of guanidine groups is 1. The Morgan fingerprint density at radius 2 is 2.04 bits per heavy atom. The summed E-state index contributed by atoms with van der Waals surface area (Å²) in [6.07, 6.45) is 2.74. The molecule has 0 spiro atoms.